The Bertz CT molecular complexity index is 1110. The van der Waals surface area contributed by atoms with Crippen LogP contribution in [0.4, 0.5) is 5.69 Å². The van der Waals surface area contributed by atoms with Gasteiger partial charge in [-0.2, -0.15) is 0 Å². The molecule has 2 aliphatic rings. The molecule has 144 valence electrons. The molecule has 1 unspecified atom stereocenters. The number of amides is 1. The molecule has 5 rings (SSSR count). The summed E-state index contributed by atoms with van der Waals surface area (Å²) in [5.74, 6) is 1.16. The van der Waals surface area contributed by atoms with Gasteiger partial charge in [0.25, 0.3) is 5.91 Å². The molecule has 0 fully saturated rings. The van der Waals surface area contributed by atoms with E-state index in [1.807, 2.05) is 30.3 Å². The number of aromatic nitrogens is 2. The van der Waals surface area contributed by atoms with Gasteiger partial charge in [-0.15, -0.1) is 11.3 Å². The molecule has 0 aliphatic carbocycles. The third kappa shape index (κ3) is 2.58. The van der Waals surface area contributed by atoms with Crippen molar-refractivity contribution in [2.24, 2.45) is 0 Å². The molecule has 0 saturated carbocycles. The van der Waals surface area contributed by atoms with E-state index in [0.29, 0.717) is 26.3 Å². The quantitative estimate of drug-likeness (QED) is 0.502. The predicted molar refractivity (Wildman–Crippen MR) is 111 cm³/mol. The molecule has 3 aromatic rings. The zero-order valence-electron chi connectivity index (χ0n) is 15.0. The highest BCUT2D eigenvalue weighted by atomic mass is 79.9. The summed E-state index contributed by atoms with van der Waals surface area (Å²) >= 11 is 11.2. The second-order valence-corrected chi connectivity index (χ2v) is 9.29. The fourth-order valence-electron chi connectivity index (χ4n) is 3.72. The first-order valence-corrected chi connectivity index (χ1v) is 10.7. The van der Waals surface area contributed by atoms with Crippen LogP contribution in [0, 0.1) is 0 Å². The SMILES string of the molecule is CC(C)n1c(Br)nc2c1C(c1ccc(Cl)s1)N(c1ccc3c(c1)OCO3)C2=O. The Morgan fingerprint density at radius 3 is 2.75 bits per heavy atom. The first kappa shape index (κ1) is 18.0. The van der Waals surface area contributed by atoms with Crippen LogP contribution >= 0.6 is 38.9 Å². The second-order valence-electron chi connectivity index (χ2n) is 6.84. The van der Waals surface area contributed by atoms with Gasteiger partial charge in [0.15, 0.2) is 21.9 Å². The summed E-state index contributed by atoms with van der Waals surface area (Å²) in [6.07, 6.45) is 0. The van der Waals surface area contributed by atoms with Crippen molar-refractivity contribution in [3.8, 4) is 11.5 Å². The van der Waals surface area contributed by atoms with Crippen molar-refractivity contribution in [3.63, 3.8) is 0 Å². The molecule has 28 heavy (non-hydrogen) atoms. The minimum Gasteiger partial charge on any atom is -0.454 e. The van der Waals surface area contributed by atoms with Crippen molar-refractivity contribution >= 4 is 50.5 Å². The van der Waals surface area contributed by atoms with Crippen molar-refractivity contribution in [2.45, 2.75) is 25.9 Å². The third-order valence-corrected chi connectivity index (χ3v) is 6.70. The molecule has 6 nitrogen and oxygen atoms in total. The Morgan fingerprint density at radius 2 is 2.04 bits per heavy atom. The highest BCUT2D eigenvalue weighted by molar-refractivity contribution is 9.10. The molecule has 4 heterocycles. The topological polar surface area (TPSA) is 56.6 Å². The fraction of sp³-hybridized carbons (Fsp3) is 0.263. The number of nitrogens with zero attached hydrogens (tertiary/aromatic N) is 3. The summed E-state index contributed by atoms with van der Waals surface area (Å²) in [4.78, 5) is 20.7. The summed E-state index contributed by atoms with van der Waals surface area (Å²) in [5, 5.41) is 0. The van der Waals surface area contributed by atoms with Gasteiger partial charge in [0.05, 0.1) is 10.0 Å². The first-order valence-electron chi connectivity index (χ1n) is 8.71. The van der Waals surface area contributed by atoms with E-state index in [9.17, 15) is 4.79 Å². The summed E-state index contributed by atoms with van der Waals surface area (Å²) in [6, 6.07) is 9.16. The number of halogens is 2. The molecule has 0 spiro atoms. The smallest absolute Gasteiger partial charge is 0.279 e. The van der Waals surface area contributed by atoms with Crippen LogP contribution in [0.5, 0.6) is 11.5 Å². The molecule has 1 aromatic carbocycles. The van der Waals surface area contributed by atoms with E-state index in [-0.39, 0.29) is 24.8 Å². The number of fused-ring (bicyclic) bond motifs is 2. The molecular formula is C19H15BrClN3O3S. The summed E-state index contributed by atoms with van der Waals surface area (Å²) in [7, 11) is 0. The van der Waals surface area contributed by atoms with Gasteiger partial charge >= 0.3 is 0 Å². The molecule has 0 radical (unpaired) electrons. The number of thiophene rings is 1. The number of hydrogen-bond donors (Lipinski definition) is 0. The normalized spacial score (nSPS) is 17.7. The van der Waals surface area contributed by atoms with E-state index < -0.39 is 0 Å². The summed E-state index contributed by atoms with van der Waals surface area (Å²) in [5.41, 5.74) is 2.05. The van der Waals surface area contributed by atoms with Crippen LogP contribution in [-0.4, -0.2) is 22.3 Å². The maximum Gasteiger partial charge on any atom is 0.279 e. The highest BCUT2D eigenvalue weighted by Crippen LogP contribution is 2.47. The third-order valence-electron chi connectivity index (χ3n) is 4.86. The minimum absolute atomic E-state index is 0.132. The maximum atomic E-state index is 13.4. The van der Waals surface area contributed by atoms with Crippen molar-refractivity contribution in [3.05, 3.63) is 55.7 Å². The Labute approximate surface area is 178 Å². The summed E-state index contributed by atoms with van der Waals surface area (Å²) in [6.45, 7) is 4.32. The predicted octanol–water partition coefficient (Wildman–Crippen LogP) is 5.42. The van der Waals surface area contributed by atoms with Gasteiger partial charge in [-0.1, -0.05) is 11.6 Å². The Balaban J connectivity index is 1.71. The molecule has 0 saturated heterocycles. The molecule has 2 aliphatic heterocycles. The number of carbonyl (C=O) groups excluding carboxylic acids is 1. The lowest BCUT2D eigenvalue weighted by atomic mass is 10.1. The summed E-state index contributed by atoms with van der Waals surface area (Å²) < 4.78 is 14.3. The molecule has 2 aromatic heterocycles. The first-order chi connectivity index (χ1) is 13.5. The van der Waals surface area contributed by atoms with E-state index in [4.69, 9.17) is 21.1 Å². The van der Waals surface area contributed by atoms with E-state index in [2.05, 4.69) is 39.3 Å². The monoisotopic (exact) mass is 479 g/mol. The highest BCUT2D eigenvalue weighted by Gasteiger charge is 2.45. The molecule has 0 bridgehead atoms. The van der Waals surface area contributed by atoms with Crippen molar-refractivity contribution in [2.75, 3.05) is 11.7 Å². The van der Waals surface area contributed by atoms with Gasteiger partial charge in [-0.3, -0.25) is 9.69 Å². The van der Waals surface area contributed by atoms with Crippen LogP contribution in [0.15, 0.2) is 35.1 Å². The van der Waals surface area contributed by atoms with Crippen LogP contribution in [-0.2, 0) is 0 Å². The van der Waals surface area contributed by atoms with Crippen molar-refractivity contribution in [1.82, 2.24) is 9.55 Å². The lowest BCUT2D eigenvalue weighted by molar-refractivity contribution is 0.0989. The molecule has 9 heteroatoms. The number of imidazole rings is 1. The standard InChI is InChI=1S/C19H15BrClN3O3S/c1-9(2)23-17-15(22-19(23)20)18(25)24(16(17)13-5-6-14(21)28-13)10-3-4-11-12(7-10)27-8-26-11/h3-7,9,16H,8H2,1-2H3. The van der Waals surface area contributed by atoms with E-state index in [0.717, 1.165) is 16.3 Å². The number of benzene rings is 1. The molecule has 1 amide bonds. The van der Waals surface area contributed by atoms with E-state index >= 15 is 0 Å². The van der Waals surface area contributed by atoms with Crippen molar-refractivity contribution in [1.29, 1.82) is 0 Å². The van der Waals surface area contributed by atoms with E-state index in [1.54, 1.807) is 4.90 Å². The maximum absolute atomic E-state index is 13.4. The number of anilines is 1. The van der Waals surface area contributed by atoms with Crippen LogP contribution in [0.1, 0.15) is 47.0 Å². The number of hydrogen-bond acceptors (Lipinski definition) is 5. The van der Waals surface area contributed by atoms with Gasteiger partial charge < -0.3 is 14.0 Å². The fourth-order valence-corrected chi connectivity index (χ4v) is 5.65. The lowest BCUT2D eigenvalue weighted by Gasteiger charge is -2.27. The van der Waals surface area contributed by atoms with Crippen LogP contribution in [0.2, 0.25) is 4.34 Å². The molecule has 1 atom stereocenters. The van der Waals surface area contributed by atoms with Gasteiger partial charge in [0.2, 0.25) is 6.79 Å². The Kier molecular flexibility index (Phi) is 4.19. The number of carbonyl (C=O) groups is 1. The van der Waals surface area contributed by atoms with E-state index in [1.165, 1.54) is 11.3 Å². The van der Waals surface area contributed by atoms with Crippen molar-refractivity contribution < 1.29 is 14.3 Å². The lowest BCUT2D eigenvalue weighted by Crippen LogP contribution is -2.29. The van der Waals surface area contributed by atoms with Crippen LogP contribution in [0.25, 0.3) is 0 Å². The average molecular weight is 481 g/mol. The molecular weight excluding hydrogens is 466 g/mol. The van der Waals surface area contributed by atoms with Gasteiger partial charge in [0, 0.05) is 22.7 Å². The Hall–Kier alpha value is -2.03. The van der Waals surface area contributed by atoms with Crippen LogP contribution in [0.3, 0.4) is 0 Å². The zero-order valence-corrected chi connectivity index (χ0v) is 18.1. The van der Waals surface area contributed by atoms with Gasteiger partial charge in [0.1, 0.15) is 6.04 Å². The largest absolute Gasteiger partial charge is 0.454 e. The molecule has 0 N–H and O–H groups in total. The minimum atomic E-state index is -0.318. The van der Waals surface area contributed by atoms with Crippen LogP contribution < -0.4 is 14.4 Å². The Morgan fingerprint density at radius 1 is 1.25 bits per heavy atom. The number of ether oxygens (including phenoxy) is 2. The van der Waals surface area contributed by atoms with Gasteiger partial charge in [-0.25, -0.2) is 4.98 Å². The average Bonchev–Trinajstić information content (AvgIpc) is 3.39. The number of rotatable bonds is 3. The van der Waals surface area contributed by atoms with Gasteiger partial charge in [-0.05, 0) is 54.0 Å². The second kappa shape index (κ2) is 6.50. The zero-order chi connectivity index (χ0) is 19.6.